The third kappa shape index (κ3) is 2.67. The Morgan fingerprint density at radius 3 is 2.18 bits per heavy atom. The minimum absolute atomic E-state index is 0.0109. The molecule has 0 N–H and O–H groups in total. The van der Waals surface area contributed by atoms with Crippen molar-refractivity contribution in [2.24, 2.45) is 0 Å². The van der Waals surface area contributed by atoms with E-state index in [4.69, 9.17) is 9.47 Å². The number of carbonyl (C=O) groups is 1. The predicted molar refractivity (Wildman–Crippen MR) is 67.9 cm³/mol. The zero-order valence-corrected chi connectivity index (χ0v) is 11.4. The fourth-order valence-corrected chi connectivity index (χ4v) is 1.67. The molecule has 0 aliphatic carbocycles. The van der Waals surface area contributed by atoms with E-state index in [1.54, 1.807) is 28.1 Å². The summed E-state index contributed by atoms with van der Waals surface area (Å²) in [5.74, 6) is 0.789. The molecule has 0 atom stereocenters. The first kappa shape index (κ1) is 13.7. The molecule has 0 bridgehead atoms. The molecule has 94 valence electrons. The monoisotopic (exact) mass is 236 g/mol. The second-order valence-corrected chi connectivity index (χ2v) is 4.68. The van der Waals surface area contributed by atoms with Crippen LogP contribution in [0.5, 0.6) is 5.75 Å². The lowest BCUT2D eigenvalue weighted by molar-refractivity contribution is 0.0227. The minimum atomic E-state index is -0.800. The van der Waals surface area contributed by atoms with Gasteiger partial charge in [-0.2, -0.15) is 0 Å². The zero-order chi connectivity index (χ0) is 13.2. The van der Waals surface area contributed by atoms with Crippen molar-refractivity contribution in [1.29, 1.82) is 0 Å². The predicted octanol–water partition coefficient (Wildman–Crippen LogP) is 2.92. The first-order valence-corrected chi connectivity index (χ1v) is 5.58. The Labute approximate surface area is 103 Å². The molecule has 1 aromatic carbocycles. The van der Waals surface area contributed by atoms with E-state index < -0.39 is 5.60 Å². The molecule has 0 fully saturated rings. The number of methoxy groups -OCH3 is 2. The van der Waals surface area contributed by atoms with Crippen LogP contribution in [0, 0.1) is 13.8 Å². The maximum Gasteiger partial charge on any atom is 0.194 e. The standard InChI is InChI=1S/C14H20O3/c1-9-8-12(16-5)10(2)7-11(9)13(15)14(3,4)17-6/h7-8H,1-6H3. The first-order valence-electron chi connectivity index (χ1n) is 5.58. The molecular weight excluding hydrogens is 216 g/mol. The lowest BCUT2D eigenvalue weighted by Crippen LogP contribution is -2.34. The van der Waals surface area contributed by atoms with Crippen molar-refractivity contribution in [3.8, 4) is 5.75 Å². The molecule has 1 aromatic rings. The van der Waals surface area contributed by atoms with Gasteiger partial charge in [0, 0.05) is 12.7 Å². The number of carbonyl (C=O) groups excluding carboxylic acids is 1. The van der Waals surface area contributed by atoms with Crippen LogP contribution >= 0.6 is 0 Å². The highest BCUT2D eigenvalue weighted by atomic mass is 16.5. The quantitative estimate of drug-likeness (QED) is 0.754. The van der Waals surface area contributed by atoms with Crippen LogP contribution in [0.2, 0.25) is 0 Å². The summed E-state index contributed by atoms with van der Waals surface area (Å²) in [7, 11) is 3.17. The SMILES string of the molecule is COc1cc(C)c(C(=O)C(C)(C)OC)cc1C. The zero-order valence-electron chi connectivity index (χ0n) is 11.4. The van der Waals surface area contributed by atoms with Crippen LogP contribution in [0.15, 0.2) is 12.1 Å². The number of rotatable bonds is 4. The third-order valence-corrected chi connectivity index (χ3v) is 3.04. The highest BCUT2D eigenvalue weighted by Gasteiger charge is 2.29. The van der Waals surface area contributed by atoms with Crippen LogP contribution in [0.25, 0.3) is 0 Å². The van der Waals surface area contributed by atoms with Gasteiger partial charge in [0.15, 0.2) is 5.78 Å². The van der Waals surface area contributed by atoms with Crippen LogP contribution in [0.4, 0.5) is 0 Å². The van der Waals surface area contributed by atoms with Gasteiger partial charge in [-0.25, -0.2) is 0 Å². The second-order valence-electron chi connectivity index (χ2n) is 4.68. The van der Waals surface area contributed by atoms with Gasteiger partial charge in [0.25, 0.3) is 0 Å². The van der Waals surface area contributed by atoms with Gasteiger partial charge in [-0.05, 0) is 51.0 Å². The average Bonchev–Trinajstić information content (AvgIpc) is 2.30. The first-order chi connectivity index (χ1) is 7.83. The summed E-state index contributed by atoms with van der Waals surface area (Å²) in [6, 6.07) is 3.74. The van der Waals surface area contributed by atoms with Crippen molar-refractivity contribution < 1.29 is 14.3 Å². The molecule has 0 radical (unpaired) electrons. The second kappa shape index (κ2) is 4.88. The van der Waals surface area contributed by atoms with Crippen molar-refractivity contribution in [2.45, 2.75) is 33.3 Å². The van der Waals surface area contributed by atoms with E-state index in [0.29, 0.717) is 5.56 Å². The summed E-state index contributed by atoms with van der Waals surface area (Å²) in [5, 5.41) is 0. The van der Waals surface area contributed by atoms with Crippen LogP contribution in [-0.4, -0.2) is 25.6 Å². The molecule has 0 spiro atoms. The van der Waals surface area contributed by atoms with Crippen molar-refractivity contribution in [2.75, 3.05) is 14.2 Å². The summed E-state index contributed by atoms with van der Waals surface area (Å²) < 4.78 is 10.5. The third-order valence-electron chi connectivity index (χ3n) is 3.04. The van der Waals surface area contributed by atoms with E-state index in [0.717, 1.165) is 16.9 Å². The normalized spacial score (nSPS) is 11.4. The largest absolute Gasteiger partial charge is 0.496 e. The van der Waals surface area contributed by atoms with Crippen molar-refractivity contribution in [1.82, 2.24) is 0 Å². The Balaban J connectivity index is 3.25. The molecular formula is C14H20O3. The average molecular weight is 236 g/mol. The van der Waals surface area contributed by atoms with Gasteiger partial charge in [-0.3, -0.25) is 4.79 Å². The van der Waals surface area contributed by atoms with Crippen LogP contribution < -0.4 is 4.74 Å². The maximum atomic E-state index is 12.3. The van der Waals surface area contributed by atoms with E-state index >= 15 is 0 Å². The Morgan fingerprint density at radius 1 is 1.12 bits per heavy atom. The number of benzene rings is 1. The Morgan fingerprint density at radius 2 is 1.71 bits per heavy atom. The lowest BCUT2D eigenvalue weighted by atomic mass is 9.92. The molecule has 0 aliphatic heterocycles. The smallest absolute Gasteiger partial charge is 0.194 e. The van der Waals surface area contributed by atoms with E-state index in [-0.39, 0.29) is 5.78 Å². The minimum Gasteiger partial charge on any atom is -0.496 e. The number of hydrogen-bond donors (Lipinski definition) is 0. The highest BCUT2D eigenvalue weighted by molar-refractivity contribution is 6.03. The molecule has 3 heteroatoms. The van der Waals surface area contributed by atoms with Crippen LogP contribution in [0.3, 0.4) is 0 Å². The lowest BCUT2D eigenvalue weighted by Gasteiger charge is -2.22. The highest BCUT2D eigenvalue weighted by Crippen LogP contribution is 2.26. The summed E-state index contributed by atoms with van der Waals surface area (Å²) in [6.45, 7) is 7.37. The fraction of sp³-hybridized carbons (Fsp3) is 0.500. The van der Waals surface area contributed by atoms with E-state index in [2.05, 4.69) is 0 Å². The van der Waals surface area contributed by atoms with Gasteiger partial charge < -0.3 is 9.47 Å². The van der Waals surface area contributed by atoms with E-state index in [9.17, 15) is 4.79 Å². The number of ether oxygens (including phenoxy) is 2. The van der Waals surface area contributed by atoms with Crippen molar-refractivity contribution >= 4 is 5.78 Å². The molecule has 1 rings (SSSR count). The molecule has 3 nitrogen and oxygen atoms in total. The molecule has 17 heavy (non-hydrogen) atoms. The maximum absolute atomic E-state index is 12.3. The fourth-order valence-electron chi connectivity index (χ4n) is 1.67. The van der Waals surface area contributed by atoms with Gasteiger partial charge in [-0.1, -0.05) is 0 Å². The Hall–Kier alpha value is -1.35. The van der Waals surface area contributed by atoms with E-state index in [1.807, 2.05) is 26.0 Å². The van der Waals surface area contributed by atoms with E-state index in [1.165, 1.54) is 0 Å². The van der Waals surface area contributed by atoms with Crippen molar-refractivity contribution in [3.63, 3.8) is 0 Å². The molecule has 0 unspecified atom stereocenters. The van der Waals surface area contributed by atoms with Crippen LogP contribution in [0.1, 0.15) is 35.3 Å². The number of Topliss-reactive ketones (excluding diaryl/α,β-unsaturated/α-hetero) is 1. The number of hydrogen-bond acceptors (Lipinski definition) is 3. The summed E-state index contributed by atoms with van der Waals surface area (Å²) in [5.41, 5.74) is 1.75. The Bertz CT molecular complexity index is 433. The summed E-state index contributed by atoms with van der Waals surface area (Å²) in [4.78, 5) is 12.3. The molecule has 0 aliphatic rings. The molecule has 0 saturated heterocycles. The van der Waals surface area contributed by atoms with Gasteiger partial charge in [0.05, 0.1) is 7.11 Å². The molecule has 0 heterocycles. The van der Waals surface area contributed by atoms with Gasteiger partial charge in [-0.15, -0.1) is 0 Å². The van der Waals surface area contributed by atoms with Gasteiger partial charge in [0.2, 0.25) is 0 Å². The topological polar surface area (TPSA) is 35.5 Å². The molecule has 0 aromatic heterocycles. The van der Waals surface area contributed by atoms with Crippen LogP contribution in [-0.2, 0) is 4.74 Å². The molecule has 0 amide bonds. The molecule has 0 saturated carbocycles. The number of ketones is 1. The van der Waals surface area contributed by atoms with Gasteiger partial charge in [0.1, 0.15) is 11.4 Å². The summed E-state index contributed by atoms with van der Waals surface area (Å²) in [6.07, 6.45) is 0. The van der Waals surface area contributed by atoms with Gasteiger partial charge >= 0.3 is 0 Å². The van der Waals surface area contributed by atoms with Crippen molar-refractivity contribution in [3.05, 3.63) is 28.8 Å². The number of aryl methyl sites for hydroxylation is 2. The summed E-state index contributed by atoms with van der Waals surface area (Å²) >= 11 is 0. The Kier molecular flexibility index (Phi) is 3.94.